The first kappa shape index (κ1) is 17.1. The minimum atomic E-state index is -0.00920. The Balaban J connectivity index is 1.78. The topological polar surface area (TPSA) is 60.9 Å². The number of carbonyl (C=O) groups excluding carboxylic acids is 1. The second-order valence-electron chi connectivity index (χ2n) is 5.93. The summed E-state index contributed by atoms with van der Waals surface area (Å²) in [6, 6.07) is 9.16. The van der Waals surface area contributed by atoms with Gasteiger partial charge in [0.2, 0.25) is 5.88 Å². The highest BCUT2D eigenvalue weighted by molar-refractivity contribution is 5.94. The van der Waals surface area contributed by atoms with Gasteiger partial charge in [-0.2, -0.15) is 0 Å². The molecule has 3 rings (SSSR count). The van der Waals surface area contributed by atoms with E-state index >= 15 is 0 Å². The largest absolute Gasteiger partial charge is 0.497 e. The maximum atomic E-state index is 12.8. The lowest BCUT2D eigenvalue weighted by atomic mass is 9.97. The molecule has 1 aliphatic rings. The summed E-state index contributed by atoms with van der Waals surface area (Å²) in [6.07, 6.45) is 2.47. The van der Waals surface area contributed by atoms with Crippen molar-refractivity contribution in [2.24, 2.45) is 0 Å². The summed E-state index contributed by atoms with van der Waals surface area (Å²) >= 11 is 0. The smallest absolute Gasteiger partial charge is 0.254 e. The third-order valence-corrected chi connectivity index (χ3v) is 4.54. The van der Waals surface area contributed by atoms with Crippen LogP contribution in [0.4, 0.5) is 0 Å². The van der Waals surface area contributed by atoms with Crippen LogP contribution in [-0.4, -0.2) is 50.2 Å². The van der Waals surface area contributed by atoms with Gasteiger partial charge >= 0.3 is 0 Å². The first-order chi connectivity index (χ1) is 12.2. The second-order valence-corrected chi connectivity index (χ2v) is 5.93. The van der Waals surface area contributed by atoms with Crippen LogP contribution in [-0.2, 0) is 0 Å². The molecule has 1 saturated heterocycles. The van der Waals surface area contributed by atoms with E-state index in [1.54, 1.807) is 32.5 Å². The van der Waals surface area contributed by atoms with Gasteiger partial charge in [0.25, 0.3) is 5.91 Å². The number of hydrogen-bond donors (Lipinski definition) is 0. The van der Waals surface area contributed by atoms with E-state index in [1.165, 1.54) is 7.11 Å². The maximum absolute atomic E-state index is 12.8. The number of pyridine rings is 1. The summed E-state index contributed by atoms with van der Waals surface area (Å²) in [5, 5.41) is 0. The summed E-state index contributed by atoms with van der Waals surface area (Å²) in [6.45, 7) is 1.35. The van der Waals surface area contributed by atoms with Crippen molar-refractivity contribution < 1.29 is 19.0 Å². The summed E-state index contributed by atoms with van der Waals surface area (Å²) in [5.74, 6) is 2.27. The molecular formula is C19H22N2O4. The molecule has 1 aromatic carbocycles. The molecule has 1 fully saturated rings. The standard InChI is InChI=1S/C19H22N2O4/c1-23-15-4-5-17(24-2)16(11-15)14-7-9-21(12-14)19(22)13-6-8-20-18(10-13)25-3/h4-6,8,10-11,14H,7,9,12H2,1-3H3/t14-/m1/s1. The SMILES string of the molecule is COc1ccc(OC)c([C@@H]2CCN(C(=O)c3ccnc(OC)c3)C2)c1. The van der Waals surface area contributed by atoms with Crippen LogP contribution in [0, 0.1) is 0 Å². The van der Waals surface area contributed by atoms with Crippen LogP contribution in [0.5, 0.6) is 17.4 Å². The number of nitrogens with zero attached hydrogens (tertiary/aromatic N) is 2. The quantitative estimate of drug-likeness (QED) is 0.836. The van der Waals surface area contributed by atoms with Crippen LogP contribution >= 0.6 is 0 Å². The fourth-order valence-corrected chi connectivity index (χ4v) is 3.19. The molecular weight excluding hydrogens is 320 g/mol. The molecule has 2 heterocycles. The Bertz CT molecular complexity index is 763. The van der Waals surface area contributed by atoms with Crippen LogP contribution in [0.3, 0.4) is 0 Å². The minimum absolute atomic E-state index is 0.00920. The van der Waals surface area contributed by atoms with Crippen molar-refractivity contribution in [3.05, 3.63) is 47.7 Å². The maximum Gasteiger partial charge on any atom is 0.254 e. The highest BCUT2D eigenvalue weighted by atomic mass is 16.5. The monoisotopic (exact) mass is 342 g/mol. The van der Waals surface area contributed by atoms with Crippen LogP contribution in [0.2, 0.25) is 0 Å². The van der Waals surface area contributed by atoms with Crippen molar-refractivity contribution in [3.63, 3.8) is 0 Å². The molecule has 0 aliphatic carbocycles. The molecule has 6 nitrogen and oxygen atoms in total. The summed E-state index contributed by atoms with van der Waals surface area (Å²) in [5.41, 5.74) is 1.66. The van der Waals surface area contributed by atoms with Crippen molar-refractivity contribution in [2.75, 3.05) is 34.4 Å². The van der Waals surface area contributed by atoms with E-state index in [9.17, 15) is 4.79 Å². The zero-order valence-electron chi connectivity index (χ0n) is 14.7. The molecule has 6 heteroatoms. The van der Waals surface area contributed by atoms with Gasteiger partial charge in [-0.25, -0.2) is 4.98 Å². The van der Waals surface area contributed by atoms with Gasteiger partial charge < -0.3 is 19.1 Å². The number of benzene rings is 1. The van der Waals surface area contributed by atoms with Gasteiger partial charge in [0.1, 0.15) is 11.5 Å². The van der Waals surface area contributed by atoms with E-state index in [-0.39, 0.29) is 11.8 Å². The van der Waals surface area contributed by atoms with E-state index in [4.69, 9.17) is 14.2 Å². The van der Waals surface area contributed by atoms with Gasteiger partial charge in [0.15, 0.2) is 0 Å². The molecule has 0 spiro atoms. The molecule has 25 heavy (non-hydrogen) atoms. The Hall–Kier alpha value is -2.76. The third-order valence-electron chi connectivity index (χ3n) is 4.54. The van der Waals surface area contributed by atoms with Gasteiger partial charge in [-0.15, -0.1) is 0 Å². The number of aromatic nitrogens is 1. The van der Waals surface area contributed by atoms with Gasteiger partial charge in [0, 0.05) is 42.4 Å². The lowest BCUT2D eigenvalue weighted by molar-refractivity contribution is 0.0790. The van der Waals surface area contributed by atoms with Crippen molar-refractivity contribution in [2.45, 2.75) is 12.3 Å². The lowest BCUT2D eigenvalue weighted by Crippen LogP contribution is -2.28. The number of likely N-dealkylation sites (tertiary alicyclic amines) is 1. The number of ether oxygens (including phenoxy) is 3. The molecule has 132 valence electrons. The van der Waals surface area contributed by atoms with E-state index in [2.05, 4.69) is 4.98 Å². The average molecular weight is 342 g/mol. The second kappa shape index (κ2) is 7.42. The number of rotatable bonds is 5. The van der Waals surface area contributed by atoms with Crippen LogP contribution in [0.15, 0.2) is 36.5 Å². The molecule has 1 atom stereocenters. The molecule has 1 aromatic heterocycles. The number of methoxy groups -OCH3 is 3. The Kier molecular flexibility index (Phi) is 5.07. The van der Waals surface area contributed by atoms with Crippen LogP contribution in [0.25, 0.3) is 0 Å². The molecule has 0 unspecified atom stereocenters. The normalized spacial score (nSPS) is 16.6. The molecule has 0 N–H and O–H groups in total. The number of carbonyl (C=O) groups is 1. The Morgan fingerprint density at radius 3 is 2.68 bits per heavy atom. The lowest BCUT2D eigenvalue weighted by Gasteiger charge is -2.18. The van der Waals surface area contributed by atoms with E-state index in [1.807, 2.05) is 23.1 Å². The Morgan fingerprint density at radius 2 is 1.96 bits per heavy atom. The van der Waals surface area contributed by atoms with Gasteiger partial charge in [-0.3, -0.25) is 4.79 Å². The fraction of sp³-hybridized carbons (Fsp3) is 0.368. The Labute approximate surface area is 147 Å². The Morgan fingerprint density at radius 1 is 1.12 bits per heavy atom. The van der Waals surface area contributed by atoms with Gasteiger partial charge in [0.05, 0.1) is 21.3 Å². The van der Waals surface area contributed by atoms with E-state index < -0.39 is 0 Å². The molecule has 0 bridgehead atoms. The summed E-state index contributed by atoms with van der Waals surface area (Å²) in [4.78, 5) is 18.7. The summed E-state index contributed by atoms with van der Waals surface area (Å²) < 4.78 is 15.9. The van der Waals surface area contributed by atoms with Crippen LogP contribution < -0.4 is 14.2 Å². The predicted octanol–water partition coefficient (Wildman–Crippen LogP) is 2.74. The van der Waals surface area contributed by atoms with Crippen molar-refractivity contribution in [1.82, 2.24) is 9.88 Å². The van der Waals surface area contributed by atoms with Gasteiger partial charge in [-0.05, 0) is 30.7 Å². The highest BCUT2D eigenvalue weighted by Gasteiger charge is 2.30. The van der Waals surface area contributed by atoms with Crippen molar-refractivity contribution >= 4 is 5.91 Å². The first-order valence-electron chi connectivity index (χ1n) is 8.17. The average Bonchev–Trinajstić information content (AvgIpc) is 3.16. The molecule has 2 aromatic rings. The molecule has 0 saturated carbocycles. The first-order valence-corrected chi connectivity index (χ1v) is 8.17. The zero-order valence-corrected chi connectivity index (χ0v) is 14.7. The van der Waals surface area contributed by atoms with Gasteiger partial charge in [-0.1, -0.05) is 0 Å². The van der Waals surface area contributed by atoms with E-state index in [0.29, 0.717) is 24.5 Å². The van der Waals surface area contributed by atoms with Crippen molar-refractivity contribution in [1.29, 1.82) is 0 Å². The predicted molar refractivity (Wildman–Crippen MR) is 93.6 cm³/mol. The number of hydrogen-bond acceptors (Lipinski definition) is 5. The highest BCUT2D eigenvalue weighted by Crippen LogP contribution is 2.36. The molecule has 1 aliphatic heterocycles. The summed E-state index contributed by atoms with van der Waals surface area (Å²) in [7, 11) is 4.84. The van der Waals surface area contributed by atoms with Crippen LogP contribution in [0.1, 0.15) is 28.3 Å². The number of amides is 1. The fourth-order valence-electron chi connectivity index (χ4n) is 3.19. The zero-order chi connectivity index (χ0) is 17.8. The molecule has 0 radical (unpaired) electrons. The molecule has 1 amide bonds. The van der Waals surface area contributed by atoms with Crippen molar-refractivity contribution in [3.8, 4) is 17.4 Å². The third kappa shape index (κ3) is 3.52. The van der Waals surface area contributed by atoms with E-state index in [0.717, 1.165) is 23.5 Å². The minimum Gasteiger partial charge on any atom is -0.497 e.